The molecule has 0 fully saturated rings. The highest BCUT2D eigenvalue weighted by Crippen LogP contribution is 2.34. The monoisotopic (exact) mass is 518 g/mol. The van der Waals surface area contributed by atoms with Gasteiger partial charge in [-0.3, -0.25) is 4.79 Å². The van der Waals surface area contributed by atoms with Crippen molar-refractivity contribution in [3.63, 3.8) is 0 Å². The number of hydrogen-bond acceptors (Lipinski definition) is 4. The molecule has 1 amide bonds. The third-order valence-corrected chi connectivity index (χ3v) is 5.46. The smallest absolute Gasteiger partial charge is 0.433 e. The highest BCUT2D eigenvalue weighted by molar-refractivity contribution is 9.10. The molecule has 33 heavy (non-hydrogen) atoms. The van der Waals surface area contributed by atoms with Crippen molar-refractivity contribution in [2.24, 2.45) is 0 Å². The molecule has 4 aromatic rings. The van der Waals surface area contributed by atoms with Crippen LogP contribution in [0.15, 0.2) is 71.2 Å². The summed E-state index contributed by atoms with van der Waals surface area (Å²) in [4.78, 5) is 17.1. The molecule has 0 aliphatic heterocycles. The number of nitrogens with one attached hydrogen (secondary N) is 1. The highest BCUT2D eigenvalue weighted by atomic mass is 79.9. The zero-order valence-electron chi connectivity index (χ0n) is 17.3. The van der Waals surface area contributed by atoms with E-state index < -0.39 is 23.8 Å². The number of alkyl halides is 3. The normalized spacial score (nSPS) is 12.5. The number of para-hydroxylation sites is 1. The number of halogens is 4. The second-order valence-corrected chi connectivity index (χ2v) is 8.08. The number of rotatable bonds is 6. The fourth-order valence-electron chi connectivity index (χ4n) is 3.17. The molecule has 0 spiro atoms. The van der Waals surface area contributed by atoms with Gasteiger partial charge in [-0.25, -0.2) is 9.50 Å². The Bertz CT molecular complexity index is 1280. The van der Waals surface area contributed by atoms with E-state index in [1.165, 1.54) is 0 Å². The number of carbonyl (C=O) groups is 1. The molecule has 0 radical (unpaired) electrons. The van der Waals surface area contributed by atoms with Crippen molar-refractivity contribution in [1.82, 2.24) is 19.9 Å². The SMILES string of the molecule is CC(COc1ccccc1)NC(=O)c1nn2c(C(F)(F)F)cc(-c3ccccc3)nc2c1Br. The van der Waals surface area contributed by atoms with E-state index in [0.29, 0.717) is 15.8 Å². The van der Waals surface area contributed by atoms with E-state index in [1.54, 1.807) is 49.4 Å². The van der Waals surface area contributed by atoms with E-state index in [0.717, 1.165) is 6.07 Å². The van der Waals surface area contributed by atoms with Crippen molar-refractivity contribution >= 4 is 27.5 Å². The second kappa shape index (κ2) is 9.22. The van der Waals surface area contributed by atoms with E-state index in [4.69, 9.17) is 4.74 Å². The van der Waals surface area contributed by atoms with Gasteiger partial charge in [0.25, 0.3) is 5.91 Å². The third kappa shape index (κ3) is 5.00. The molecule has 0 aliphatic rings. The average molecular weight is 519 g/mol. The number of amides is 1. The molecule has 0 saturated heterocycles. The number of hydrogen-bond donors (Lipinski definition) is 1. The van der Waals surface area contributed by atoms with Gasteiger partial charge >= 0.3 is 6.18 Å². The first-order valence-electron chi connectivity index (χ1n) is 9.94. The summed E-state index contributed by atoms with van der Waals surface area (Å²) in [6.07, 6.45) is -4.71. The molecule has 170 valence electrons. The maximum Gasteiger partial charge on any atom is 0.433 e. The first kappa shape index (κ1) is 22.8. The van der Waals surface area contributed by atoms with Crippen molar-refractivity contribution in [3.8, 4) is 17.0 Å². The minimum atomic E-state index is -4.71. The molecule has 1 atom stereocenters. The van der Waals surface area contributed by atoms with Gasteiger partial charge in [0.2, 0.25) is 0 Å². The Morgan fingerprint density at radius 1 is 1.12 bits per heavy atom. The zero-order valence-corrected chi connectivity index (χ0v) is 18.9. The molecule has 10 heteroatoms. The van der Waals surface area contributed by atoms with Crippen LogP contribution >= 0.6 is 15.9 Å². The predicted octanol–water partition coefficient (Wildman–Crippen LogP) is 5.37. The van der Waals surface area contributed by atoms with Crippen LogP contribution < -0.4 is 10.1 Å². The topological polar surface area (TPSA) is 68.5 Å². The summed E-state index contributed by atoms with van der Waals surface area (Å²) in [6, 6.07) is 18.0. The van der Waals surface area contributed by atoms with Crippen LogP contribution in [0.2, 0.25) is 0 Å². The Balaban J connectivity index is 1.64. The second-order valence-electron chi connectivity index (χ2n) is 7.29. The van der Waals surface area contributed by atoms with Crippen LogP contribution in [0.1, 0.15) is 23.1 Å². The van der Waals surface area contributed by atoms with Crippen LogP contribution in [0.4, 0.5) is 13.2 Å². The number of nitrogens with zero attached hydrogens (tertiary/aromatic N) is 3. The van der Waals surface area contributed by atoms with Gasteiger partial charge in [0.15, 0.2) is 17.0 Å². The summed E-state index contributed by atoms with van der Waals surface area (Å²) in [5.41, 5.74) is -0.720. The lowest BCUT2D eigenvalue weighted by Crippen LogP contribution is -2.37. The predicted molar refractivity (Wildman–Crippen MR) is 120 cm³/mol. The van der Waals surface area contributed by atoms with E-state index in [2.05, 4.69) is 31.3 Å². The van der Waals surface area contributed by atoms with Crippen LogP contribution in [0.5, 0.6) is 5.75 Å². The van der Waals surface area contributed by atoms with Crippen LogP contribution in [-0.2, 0) is 6.18 Å². The maximum atomic E-state index is 13.8. The number of carbonyl (C=O) groups excluding carboxylic acids is 1. The van der Waals surface area contributed by atoms with Crippen LogP contribution in [-0.4, -0.2) is 33.2 Å². The molecule has 0 saturated carbocycles. The summed E-state index contributed by atoms with van der Waals surface area (Å²) in [5.74, 6) is -0.00843. The molecule has 1 N–H and O–H groups in total. The molecule has 1 unspecified atom stereocenters. The Hall–Kier alpha value is -3.40. The average Bonchev–Trinajstić information content (AvgIpc) is 3.14. The van der Waals surface area contributed by atoms with Gasteiger partial charge in [-0.15, -0.1) is 0 Å². The lowest BCUT2D eigenvalue weighted by atomic mass is 10.1. The first-order valence-corrected chi connectivity index (χ1v) is 10.7. The number of aromatic nitrogens is 3. The molecule has 6 nitrogen and oxygen atoms in total. The molecular weight excluding hydrogens is 501 g/mol. The van der Waals surface area contributed by atoms with Gasteiger partial charge in [-0.1, -0.05) is 48.5 Å². The summed E-state index contributed by atoms with van der Waals surface area (Å²) in [5, 5.41) is 6.61. The molecule has 0 bridgehead atoms. The molecule has 4 rings (SSSR count). The third-order valence-electron chi connectivity index (χ3n) is 4.73. The van der Waals surface area contributed by atoms with Crippen molar-refractivity contribution in [2.75, 3.05) is 6.61 Å². The fraction of sp³-hybridized carbons (Fsp3) is 0.174. The summed E-state index contributed by atoms with van der Waals surface area (Å²) < 4.78 is 47.7. The number of fused-ring (bicyclic) bond motifs is 1. The number of benzene rings is 2. The summed E-state index contributed by atoms with van der Waals surface area (Å²) >= 11 is 3.22. The van der Waals surface area contributed by atoms with Gasteiger partial charge in [-0.2, -0.15) is 18.3 Å². The van der Waals surface area contributed by atoms with Crippen molar-refractivity contribution in [1.29, 1.82) is 0 Å². The first-order chi connectivity index (χ1) is 15.7. The Kier molecular flexibility index (Phi) is 6.37. The molecule has 2 aromatic carbocycles. The zero-order chi connectivity index (χ0) is 23.6. The van der Waals surface area contributed by atoms with Crippen LogP contribution in [0.3, 0.4) is 0 Å². The van der Waals surface area contributed by atoms with E-state index in [9.17, 15) is 18.0 Å². The van der Waals surface area contributed by atoms with Crippen LogP contribution in [0, 0.1) is 0 Å². The Morgan fingerprint density at radius 2 is 1.76 bits per heavy atom. The summed E-state index contributed by atoms with van der Waals surface area (Å²) in [6.45, 7) is 1.89. The highest BCUT2D eigenvalue weighted by Gasteiger charge is 2.36. The van der Waals surface area contributed by atoms with Gasteiger partial charge in [0.1, 0.15) is 12.4 Å². The number of ether oxygens (including phenoxy) is 1. The fourth-order valence-corrected chi connectivity index (χ4v) is 3.68. The lowest BCUT2D eigenvalue weighted by Gasteiger charge is -2.14. The Morgan fingerprint density at radius 3 is 2.39 bits per heavy atom. The molecule has 2 aromatic heterocycles. The maximum absolute atomic E-state index is 13.8. The largest absolute Gasteiger partial charge is 0.491 e. The summed E-state index contributed by atoms with van der Waals surface area (Å²) in [7, 11) is 0. The quantitative estimate of drug-likeness (QED) is 0.372. The van der Waals surface area contributed by atoms with Gasteiger partial charge < -0.3 is 10.1 Å². The van der Waals surface area contributed by atoms with Crippen molar-refractivity contribution < 1.29 is 22.7 Å². The Labute approximate surface area is 195 Å². The van der Waals surface area contributed by atoms with Crippen molar-refractivity contribution in [3.05, 3.63) is 82.6 Å². The van der Waals surface area contributed by atoms with Gasteiger partial charge in [0.05, 0.1) is 16.2 Å². The molecular formula is C23H18BrF3N4O2. The van der Waals surface area contributed by atoms with Gasteiger partial charge in [0, 0.05) is 5.56 Å². The van der Waals surface area contributed by atoms with E-state index in [1.807, 2.05) is 18.2 Å². The van der Waals surface area contributed by atoms with E-state index >= 15 is 0 Å². The van der Waals surface area contributed by atoms with E-state index in [-0.39, 0.29) is 28.1 Å². The standard InChI is InChI=1S/C23H18BrF3N4O2/c1-14(13-33-16-10-6-3-7-11-16)28-22(32)20-19(24)21-29-17(15-8-4-2-5-9-15)12-18(23(25,26)27)31(21)30-20/h2-12,14H,13H2,1H3,(H,28,32). The minimum Gasteiger partial charge on any atom is -0.491 e. The van der Waals surface area contributed by atoms with Crippen LogP contribution in [0.25, 0.3) is 16.9 Å². The van der Waals surface area contributed by atoms with Crippen molar-refractivity contribution in [2.45, 2.75) is 19.1 Å². The minimum absolute atomic E-state index is 0.0689. The lowest BCUT2D eigenvalue weighted by molar-refractivity contribution is -0.142. The molecule has 2 heterocycles. The molecule has 0 aliphatic carbocycles. The van der Waals surface area contributed by atoms with Gasteiger partial charge in [-0.05, 0) is 41.1 Å².